The lowest BCUT2D eigenvalue weighted by molar-refractivity contribution is -0.143. The molecule has 0 radical (unpaired) electrons. The minimum atomic E-state index is -0.861. The average molecular weight is 131 g/mol. The van der Waals surface area contributed by atoms with Gasteiger partial charge in [-0.15, -0.1) is 0 Å². The van der Waals surface area contributed by atoms with Crippen LogP contribution in [0, 0.1) is 0 Å². The molecule has 0 saturated carbocycles. The predicted octanol–water partition coefficient (Wildman–Crippen LogP) is -0.593. The van der Waals surface area contributed by atoms with Crippen LogP contribution >= 0.6 is 0 Å². The van der Waals surface area contributed by atoms with Gasteiger partial charge in [-0.05, 0) is 6.92 Å². The summed E-state index contributed by atoms with van der Waals surface area (Å²) in [5.74, 6) is -0.861. The molecule has 0 bridgehead atoms. The number of ether oxygens (including phenoxy) is 1. The normalized spacial score (nSPS) is 34.8. The van der Waals surface area contributed by atoms with Crippen LogP contribution in [0.25, 0.3) is 0 Å². The van der Waals surface area contributed by atoms with Crippen molar-refractivity contribution in [3.05, 3.63) is 0 Å². The van der Waals surface area contributed by atoms with Gasteiger partial charge in [-0.2, -0.15) is 0 Å². The first-order chi connectivity index (χ1) is 4.15. The van der Waals surface area contributed by atoms with Gasteiger partial charge in [0, 0.05) is 0 Å². The summed E-state index contributed by atoms with van der Waals surface area (Å²) < 4.78 is 4.83. The van der Waals surface area contributed by atoms with Crippen LogP contribution in [0.4, 0.5) is 0 Å². The van der Waals surface area contributed by atoms with Gasteiger partial charge in [0.05, 0.1) is 13.3 Å². The maximum Gasteiger partial charge on any atom is 0.326 e. The molecule has 0 amide bonds. The molecule has 1 fully saturated rings. The van der Waals surface area contributed by atoms with E-state index < -0.39 is 11.5 Å². The van der Waals surface area contributed by atoms with Gasteiger partial charge in [0.15, 0.2) is 0 Å². The molecule has 0 aromatic rings. The fourth-order valence-electron chi connectivity index (χ4n) is 0.654. The number of nitrogens with one attached hydrogen (secondary N) is 1. The van der Waals surface area contributed by atoms with Crippen LogP contribution in [0.1, 0.15) is 6.92 Å². The Labute approximate surface area is 52.8 Å². The number of rotatable bonds is 1. The van der Waals surface area contributed by atoms with Gasteiger partial charge in [-0.3, -0.25) is 10.1 Å². The van der Waals surface area contributed by atoms with Crippen molar-refractivity contribution in [1.82, 2.24) is 5.32 Å². The smallest absolute Gasteiger partial charge is 0.326 e. The monoisotopic (exact) mass is 131 g/mol. The highest BCUT2D eigenvalue weighted by Gasteiger charge is 2.36. The molecule has 1 aliphatic rings. The molecule has 52 valence electrons. The maximum absolute atomic E-state index is 10.4. The molecule has 0 spiro atoms. The molecule has 4 heteroatoms. The van der Waals surface area contributed by atoms with Crippen molar-refractivity contribution >= 4 is 5.97 Å². The number of aliphatic carboxylic acids is 1. The summed E-state index contributed by atoms with van der Waals surface area (Å²) in [6.07, 6.45) is 0. The zero-order valence-electron chi connectivity index (χ0n) is 5.18. The second-order valence-corrected chi connectivity index (χ2v) is 2.31. The van der Waals surface area contributed by atoms with Gasteiger partial charge >= 0.3 is 5.97 Å². The summed E-state index contributed by atoms with van der Waals surface area (Å²) >= 11 is 0. The Bertz CT molecular complexity index is 128. The summed E-state index contributed by atoms with van der Waals surface area (Å²) in [6, 6.07) is 0. The Kier molecular flexibility index (Phi) is 1.42. The van der Waals surface area contributed by atoms with Crippen molar-refractivity contribution in [3.63, 3.8) is 0 Å². The van der Waals surface area contributed by atoms with E-state index >= 15 is 0 Å². The van der Waals surface area contributed by atoms with E-state index in [9.17, 15) is 4.79 Å². The van der Waals surface area contributed by atoms with Crippen molar-refractivity contribution in [1.29, 1.82) is 0 Å². The van der Waals surface area contributed by atoms with E-state index in [0.717, 1.165) is 0 Å². The first-order valence-electron chi connectivity index (χ1n) is 2.71. The Balaban J connectivity index is 2.61. The van der Waals surface area contributed by atoms with E-state index in [1.54, 1.807) is 6.92 Å². The number of carboxylic acid groups (broad SMARTS) is 1. The summed E-state index contributed by atoms with van der Waals surface area (Å²) in [6.45, 7) is 2.19. The minimum absolute atomic E-state index is 0.252. The molecule has 1 heterocycles. The molecule has 2 N–H and O–H groups in total. The molecule has 0 aliphatic carbocycles. The third-order valence-electron chi connectivity index (χ3n) is 1.43. The number of carboxylic acids is 1. The van der Waals surface area contributed by atoms with Crippen LogP contribution in [0.2, 0.25) is 0 Å². The molecule has 0 aromatic carbocycles. The van der Waals surface area contributed by atoms with E-state index in [2.05, 4.69) is 5.32 Å². The molecule has 1 unspecified atom stereocenters. The Morgan fingerprint density at radius 3 is 2.78 bits per heavy atom. The van der Waals surface area contributed by atoms with Crippen molar-refractivity contribution in [2.75, 3.05) is 13.3 Å². The lowest BCUT2D eigenvalue weighted by atomic mass is 10.1. The number of hydrogen-bond acceptors (Lipinski definition) is 3. The van der Waals surface area contributed by atoms with Crippen LogP contribution < -0.4 is 5.32 Å². The molecule has 1 saturated heterocycles. The fourth-order valence-corrected chi connectivity index (χ4v) is 0.654. The molecule has 4 nitrogen and oxygen atoms in total. The maximum atomic E-state index is 10.4. The highest BCUT2D eigenvalue weighted by Crippen LogP contribution is 2.09. The SMILES string of the molecule is CC1(C(=O)O)COCN1. The standard InChI is InChI=1S/C5H9NO3/c1-5(4(7)8)2-9-3-6-5/h6H,2-3H2,1H3,(H,7,8). The van der Waals surface area contributed by atoms with Gasteiger partial charge in [0.25, 0.3) is 0 Å². The van der Waals surface area contributed by atoms with Gasteiger partial charge in [-0.25, -0.2) is 0 Å². The van der Waals surface area contributed by atoms with Crippen LogP contribution in [0.15, 0.2) is 0 Å². The third kappa shape index (κ3) is 1.04. The lowest BCUT2D eigenvalue weighted by Gasteiger charge is -2.14. The molecule has 1 aliphatic heterocycles. The van der Waals surface area contributed by atoms with Crippen molar-refractivity contribution in [2.24, 2.45) is 0 Å². The lowest BCUT2D eigenvalue weighted by Crippen LogP contribution is -2.46. The second-order valence-electron chi connectivity index (χ2n) is 2.31. The van der Waals surface area contributed by atoms with Crippen LogP contribution in [-0.2, 0) is 9.53 Å². The van der Waals surface area contributed by atoms with Crippen molar-refractivity contribution < 1.29 is 14.6 Å². The molecule has 1 atom stereocenters. The van der Waals surface area contributed by atoms with E-state index in [0.29, 0.717) is 6.73 Å². The minimum Gasteiger partial charge on any atom is -0.480 e. The van der Waals surface area contributed by atoms with Gasteiger partial charge in [0.2, 0.25) is 0 Å². The predicted molar refractivity (Wildman–Crippen MR) is 30.0 cm³/mol. The Morgan fingerprint density at radius 2 is 2.56 bits per heavy atom. The van der Waals surface area contributed by atoms with E-state index in [1.807, 2.05) is 0 Å². The molecule has 0 aromatic heterocycles. The Morgan fingerprint density at radius 1 is 1.89 bits per heavy atom. The van der Waals surface area contributed by atoms with Crippen LogP contribution in [-0.4, -0.2) is 30.0 Å². The van der Waals surface area contributed by atoms with Crippen molar-refractivity contribution in [3.8, 4) is 0 Å². The van der Waals surface area contributed by atoms with Gasteiger partial charge in [-0.1, -0.05) is 0 Å². The summed E-state index contributed by atoms with van der Waals surface area (Å²) in [4.78, 5) is 10.4. The van der Waals surface area contributed by atoms with Gasteiger partial charge < -0.3 is 9.84 Å². The largest absolute Gasteiger partial charge is 0.480 e. The summed E-state index contributed by atoms with van der Waals surface area (Å²) in [7, 11) is 0. The Hall–Kier alpha value is -0.610. The van der Waals surface area contributed by atoms with E-state index in [-0.39, 0.29) is 6.61 Å². The van der Waals surface area contributed by atoms with Crippen LogP contribution in [0.5, 0.6) is 0 Å². The topological polar surface area (TPSA) is 58.6 Å². The molecular weight excluding hydrogens is 122 g/mol. The zero-order valence-corrected chi connectivity index (χ0v) is 5.18. The van der Waals surface area contributed by atoms with E-state index in [4.69, 9.17) is 9.84 Å². The van der Waals surface area contributed by atoms with Crippen molar-refractivity contribution in [2.45, 2.75) is 12.5 Å². The van der Waals surface area contributed by atoms with Crippen LogP contribution in [0.3, 0.4) is 0 Å². The fraction of sp³-hybridized carbons (Fsp3) is 0.800. The quantitative estimate of drug-likeness (QED) is 0.499. The zero-order chi connectivity index (χ0) is 6.91. The second kappa shape index (κ2) is 1.97. The van der Waals surface area contributed by atoms with Gasteiger partial charge in [0.1, 0.15) is 5.54 Å². The summed E-state index contributed by atoms with van der Waals surface area (Å²) in [5, 5.41) is 11.2. The summed E-state index contributed by atoms with van der Waals surface area (Å²) in [5.41, 5.74) is -0.861. The van der Waals surface area contributed by atoms with E-state index in [1.165, 1.54) is 0 Å². The highest BCUT2D eigenvalue weighted by atomic mass is 16.5. The first kappa shape index (κ1) is 6.51. The number of carbonyl (C=O) groups is 1. The highest BCUT2D eigenvalue weighted by molar-refractivity contribution is 5.78. The average Bonchev–Trinajstić information content (AvgIpc) is 2.16. The molecule has 1 rings (SSSR count). The third-order valence-corrected chi connectivity index (χ3v) is 1.43. The molecule has 9 heavy (non-hydrogen) atoms. The molecular formula is C5H9NO3. The number of hydrogen-bond donors (Lipinski definition) is 2. The first-order valence-corrected chi connectivity index (χ1v) is 2.71.